The van der Waals surface area contributed by atoms with Gasteiger partial charge in [-0.2, -0.15) is 5.10 Å². The van der Waals surface area contributed by atoms with Crippen LogP contribution in [0.25, 0.3) is 5.00 Å². The number of aromatic nitrogens is 1. The average molecular weight is 625 g/mol. The topological polar surface area (TPSA) is 64.8 Å². The highest BCUT2D eigenvalue weighted by molar-refractivity contribution is 9.10. The molecule has 0 unspecified atom stereocenters. The Morgan fingerprint density at radius 2 is 1.77 bits per heavy atom. The van der Waals surface area contributed by atoms with Gasteiger partial charge in [0.05, 0.1) is 18.4 Å². The summed E-state index contributed by atoms with van der Waals surface area (Å²) in [4.78, 5) is 14.8. The van der Waals surface area contributed by atoms with Crippen molar-refractivity contribution in [2.45, 2.75) is 53.1 Å². The first-order valence-electron chi connectivity index (χ1n) is 13.3. The third-order valence-electron chi connectivity index (χ3n) is 6.89. The van der Waals surface area contributed by atoms with E-state index in [2.05, 4.69) is 57.0 Å². The Kier molecular flexibility index (Phi) is 8.71. The number of halogens is 2. The van der Waals surface area contributed by atoms with Gasteiger partial charge < -0.3 is 14.0 Å². The molecule has 0 aliphatic heterocycles. The van der Waals surface area contributed by atoms with E-state index in [9.17, 15) is 9.18 Å². The molecular formula is C31H31BrFN3O3S. The molecule has 9 heteroatoms. The van der Waals surface area contributed by atoms with Gasteiger partial charge in [0, 0.05) is 26.3 Å². The molecule has 2 aromatic carbocycles. The van der Waals surface area contributed by atoms with Crippen LogP contribution in [0.15, 0.2) is 58.1 Å². The number of carbonyl (C=O) groups is 1. The SMILES string of the molecule is CCOc1cc(/C=N\NC(=O)c2c(-n3c(C)ccc3C)sc3c2CCCC3)c(Br)cc1OCc1ccc(F)cc1. The Morgan fingerprint density at radius 1 is 1.07 bits per heavy atom. The Morgan fingerprint density at radius 3 is 2.50 bits per heavy atom. The minimum Gasteiger partial charge on any atom is -0.490 e. The van der Waals surface area contributed by atoms with Crippen LogP contribution in [0.2, 0.25) is 0 Å². The number of aryl methyl sites for hydroxylation is 3. The summed E-state index contributed by atoms with van der Waals surface area (Å²) in [6.07, 6.45) is 5.74. The second-order valence-corrected chi connectivity index (χ2v) is 11.6. The van der Waals surface area contributed by atoms with E-state index < -0.39 is 0 Å². The van der Waals surface area contributed by atoms with Gasteiger partial charge in [-0.1, -0.05) is 12.1 Å². The first-order chi connectivity index (χ1) is 19.4. The summed E-state index contributed by atoms with van der Waals surface area (Å²) in [5, 5.41) is 5.28. The molecule has 1 aliphatic carbocycles. The Hall–Kier alpha value is -3.43. The Balaban J connectivity index is 1.36. The molecule has 0 fully saturated rings. The number of carbonyl (C=O) groups excluding carboxylic acids is 1. The van der Waals surface area contributed by atoms with Crippen LogP contribution in [0.4, 0.5) is 4.39 Å². The lowest BCUT2D eigenvalue weighted by molar-refractivity contribution is 0.0954. The maximum absolute atomic E-state index is 13.5. The normalized spacial score (nSPS) is 12.9. The molecule has 4 aromatic rings. The van der Waals surface area contributed by atoms with E-state index >= 15 is 0 Å². The Bertz CT molecular complexity index is 1540. The molecule has 2 aromatic heterocycles. The van der Waals surface area contributed by atoms with Crippen molar-refractivity contribution < 1.29 is 18.7 Å². The molecule has 5 rings (SSSR count). The van der Waals surface area contributed by atoms with E-state index in [-0.39, 0.29) is 18.3 Å². The van der Waals surface area contributed by atoms with Gasteiger partial charge in [-0.15, -0.1) is 11.3 Å². The number of fused-ring (bicyclic) bond motifs is 1. The summed E-state index contributed by atoms with van der Waals surface area (Å²) in [6, 6.07) is 14.0. The predicted octanol–water partition coefficient (Wildman–Crippen LogP) is 7.68. The molecule has 0 bridgehead atoms. The van der Waals surface area contributed by atoms with Gasteiger partial charge in [-0.25, -0.2) is 9.82 Å². The molecule has 0 radical (unpaired) electrons. The number of hydrogen-bond donors (Lipinski definition) is 1. The van der Waals surface area contributed by atoms with Crippen LogP contribution in [0.3, 0.4) is 0 Å². The molecule has 2 heterocycles. The van der Waals surface area contributed by atoms with Gasteiger partial charge in [0.1, 0.15) is 17.4 Å². The zero-order valence-electron chi connectivity index (χ0n) is 22.7. The number of amides is 1. The second kappa shape index (κ2) is 12.4. The lowest BCUT2D eigenvalue weighted by Crippen LogP contribution is -2.21. The molecule has 0 atom stereocenters. The quantitative estimate of drug-likeness (QED) is 0.154. The van der Waals surface area contributed by atoms with E-state index in [4.69, 9.17) is 9.47 Å². The van der Waals surface area contributed by atoms with Crippen LogP contribution in [0.5, 0.6) is 11.5 Å². The van der Waals surface area contributed by atoms with Gasteiger partial charge in [0.15, 0.2) is 11.5 Å². The van der Waals surface area contributed by atoms with Gasteiger partial charge in [0.2, 0.25) is 0 Å². The number of thiophene rings is 1. The first-order valence-corrected chi connectivity index (χ1v) is 14.9. The van der Waals surface area contributed by atoms with Crippen LogP contribution < -0.4 is 14.9 Å². The fourth-order valence-electron chi connectivity index (χ4n) is 4.92. The summed E-state index contributed by atoms with van der Waals surface area (Å²) in [6.45, 7) is 6.74. The number of nitrogens with zero attached hydrogens (tertiary/aromatic N) is 2. The molecule has 1 N–H and O–H groups in total. The fraction of sp³-hybridized carbons (Fsp3) is 0.290. The Labute approximate surface area is 246 Å². The summed E-state index contributed by atoms with van der Waals surface area (Å²) in [5.74, 6) is 0.598. The zero-order valence-corrected chi connectivity index (χ0v) is 25.1. The minimum atomic E-state index is -0.290. The van der Waals surface area contributed by atoms with Gasteiger partial charge in [-0.3, -0.25) is 4.79 Å². The summed E-state index contributed by atoms with van der Waals surface area (Å²) in [7, 11) is 0. The zero-order chi connectivity index (χ0) is 28.2. The van der Waals surface area contributed by atoms with Crippen molar-refractivity contribution in [3.05, 3.63) is 97.3 Å². The maximum Gasteiger partial charge on any atom is 0.274 e. The maximum atomic E-state index is 13.5. The monoisotopic (exact) mass is 623 g/mol. The van der Waals surface area contributed by atoms with Gasteiger partial charge >= 0.3 is 0 Å². The number of hydrogen-bond acceptors (Lipinski definition) is 5. The third-order valence-corrected chi connectivity index (χ3v) is 8.86. The fourth-order valence-corrected chi connectivity index (χ4v) is 6.85. The van der Waals surface area contributed by atoms with E-state index in [1.807, 2.05) is 19.1 Å². The van der Waals surface area contributed by atoms with Crippen molar-refractivity contribution in [3.8, 4) is 16.5 Å². The van der Waals surface area contributed by atoms with Crippen LogP contribution in [0, 0.1) is 19.7 Å². The summed E-state index contributed by atoms with van der Waals surface area (Å²) in [5.41, 5.74) is 8.40. The molecule has 208 valence electrons. The molecule has 40 heavy (non-hydrogen) atoms. The molecule has 1 amide bonds. The van der Waals surface area contributed by atoms with Crippen LogP contribution in [-0.2, 0) is 19.4 Å². The number of ether oxygens (including phenoxy) is 2. The second-order valence-electron chi connectivity index (χ2n) is 9.71. The largest absolute Gasteiger partial charge is 0.490 e. The van der Waals surface area contributed by atoms with Crippen molar-refractivity contribution in [3.63, 3.8) is 0 Å². The van der Waals surface area contributed by atoms with Crippen molar-refractivity contribution >= 4 is 39.4 Å². The van der Waals surface area contributed by atoms with Gasteiger partial charge in [-0.05, 0) is 110 Å². The highest BCUT2D eigenvalue weighted by Crippen LogP contribution is 2.38. The third kappa shape index (κ3) is 6.00. The van der Waals surface area contributed by atoms with Crippen molar-refractivity contribution in [1.29, 1.82) is 0 Å². The molecule has 6 nitrogen and oxygen atoms in total. The van der Waals surface area contributed by atoms with Crippen molar-refractivity contribution in [1.82, 2.24) is 9.99 Å². The summed E-state index contributed by atoms with van der Waals surface area (Å²) >= 11 is 5.30. The van der Waals surface area contributed by atoms with Crippen molar-refractivity contribution in [2.24, 2.45) is 5.10 Å². The first kappa shape index (κ1) is 28.1. The van der Waals surface area contributed by atoms with E-state index in [0.29, 0.717) is 18.1 Å². The van der Waals surface area contributed by atoms with E-state index in [1.165, 1.54) is 17.0 Å². The van der Waals surface area contributed by atoms with E-state index in [1.54, 1.807) is 29.7 Å². The predicted molar refractivity (Wildman–Crippen MR) is 161 cm³/mol. The summed E-state index contributed by atoms with van der Waals surface area (Å²) < 4.78 is 27.9. The number of rotatable bonds is 9. The number of hydrazone groups is 1. The molecule has 1 aliphatic rings. The lowest BCUT2D eigenvalue weighted by Gasteiger charge is -2.14. The van der Waals surface area contributed by atoms with Crippen LogP contribution >= 0.6 is 27.3 Å². The minimum absolute atomic E-state index is 0.210. The van der Waals surface area contributed by atoms with Crippen molar-refractivity contribution in [2.75, 3.05) is 6.61 Å². The highest BCUT2D eigenvalue weighted by atomic mass is 79.9. The number of nitrogens with one attached hydrogen (secondary N) is 1. The molecule has 0 spiro atoms. The van der Waals surface area contributed by atoms with Gasteiger partial charge in [0.25, 0.3) is 5.91 Å². The number of benzene rings is 2. The van der Waals surface area contributed by atoms with E-state index in [0.717, 1.165) is 68.8 Å². The molecular weight excluding hydrogens is 593 g/mol. The molecule has 0 saturated heterocycles. The smallest absolute Gasteiger partial charge is 0.274 e. The van der Waals surface area contributed by atoms with Crippen LogP contribution in [0.1, 0.15) is 63.1 Å². The molecule has 0 saturated carbocycles. The average Bonchev–Trinajstić information content (AvgIpc) is 3.48. The van der Waals surface area contributed by atoms with Crippen LogP contribution in [-0.4, -0.2) is 23.3 Å². The lowest BCUT2D eigenvalue weighted by atomic mass is 9.95. The standard InChI is InChI=1S/C31H31BrFN3O3S/c1-4-38-26-15-22(25(32)16-27(26)39-18-21-11-13-23(33)14-12-21)17-34-35-30(37)29-24-7-5-6-8-28(24)40-31(29)36-19(2)9-10-20(36)3/h9-17H,4-8,18H2,1-3H3,(H,35,37)/b34-17-. The highest BCUT2D eigenvalue weighted by Gasteiger charge is 2.27.